The van der Waals surface area contributed by atoms with E-state index in [1.165, 1.54) is 0 Å². The second-order valence-corrected chi connectivity index (χ2v) is 6.06. The van der Waals surface area contributed by atoms with E-state index in [1.54, 1.807) is 0 Å². The van der Waals surface area contributed by atoms with Crippen LogP contribution < -0.4 is 15.1 Å². The lowest BCUT2D eigenvalue weighted by Crippen LogP contribution is -2.49. The van der Waals surface area contributed by atoms with Gasteiger partial charge < -0.3 is 15.1 Å². The van der Waals surface area contributed by atoms with Gasteiger partial charge in [-0.3, -0.25) is 4.79 Å². The fraction of sp³-hybridized carbons (Fsp3) is 0.533. The number of carbonyl (C=O) groups is 1. The molecule has 0 aliphatic carbocycles. The molecule has 0 bridgehead atoms. The van der Waals surface area contributed by atoms with Gasteiger partial charge in [-0.15, -0.1) is 0 Å². The molecule has 1 aromatic carbocycles. The minimum absolute atomic E-state index is 0.0399. The average Bonchev–Trinajstić information content (AvgIpc) is 2.36. The van der Waals surface area contributed by atoms with Crippen LogP contribution in [0, 0.1) is 0 Å². The molecule has 0 unspecified atom stereocenters. The summed E-state index contributed by atoms with van der Waals surface area (Å²) >= 11 is 0. The SMILES string of the molecule is CN1CCN(C(=O)CNC(C)(C)C)c2ccccc21. The third-order valence-electron chi connectivity index (χ3n) is 3.31. The highest BCUT2D eigenvalue weighted by atomic mass is 16.2. The summed E-state index contributed by atoms with van der Waals surface area (Å²) < 4.78 is 0. The zero-order valence-electron chi connectivity index (χ0n) is 12.2. The van der Waals surface area contributed by atoms with Gasteiger partial charge in [0, 0.05) is 25.7 Å². The van der Waals surface area contributed by atoms with Gasteiger partial charge >= 0.3 is 0 Å². The number of anilines is 2. The van der Waals surface area contributed by atoms with Crippen molar-refractivity contribution >= 4 is 17.3 Å². The van der Waals surface area contributed by atoms with E-state index in [-0.39, 0.29) is 11.4 Å². The van der Waals surface area contributed by atoms with Crippen LogP contribution in [0.5, 0.6) is 0 Å². The highest BCUT2D eigenvalue weighted by Gasteiger charge is 2.25. The van der Waals surface area contributed by atoms with Crippen LogP contribution in [-0.2, 0) is 4.79 Å². The predicted octanol–water partition coefficient (Wildman–Crippen LogP) is 1.86. The first kappa shape index (κ1) is 13.9. The van der Waals surface area contributed by atoms with E-state index >= 15 is 0 Å². The molecule has 1 aliphatic heterocycles. The van der Waals surface area contributed by atoms with Crippen molar-refractivity contribution in [2.75, 3.05) is 36.5 Å². The maximum Gasteiger partial charge on any atom is 0.241 e. The Morgan fingerprint density at radius 2 is 1.84 bits per heavy atom. The standard InChI is InChI=1S/C15H23N3O/c1-15(2,3)16-11-14(19)18-10-9-17(4)12-7-5-6-8-13(12)18/h5-8,16H,9-11H2,1-4H3. The number of amides is 1. The number of nitrogens with zero attached hydrogens (tertiary/aromatic N) is 2. The number of hydrogen-bond donors (Lipinski definition) is 1. The fourth-order valence-electron chi connectivity index (χ4n) is 2.20. The van der Waals surface area contributed by atoms with Crippen molar-refractivity contribution in [3.8, 4) is 0 Å². The van der Waals surface area contributed by atoms with E-state index in [1.807, 2.05) is 23.1 Å². The maximum absolute atomic E-state index is 12.4. The number of para-hydroxylation sites is 2. The lowest BCUT2D eigenvalue weighted by atomic mass is 10.1. The summed E-state index contributed by atoms with van der Waals surface area (Å²) in [4.78, 5) is 16.4. The summed E-state index contributed by atoms with van der Waals surface area (Å²) in [5, 5.41) is 3.26. The summed E-state index contributed by atoms with van der Waals surface area (Å²) in [6.07, 6.45) is 0. The molecule has 0 atom stereocenters. The van der Waals surface area contributed by atoms with Gasteiger partial charge in [-0.1, -0.05) is 12.1 Å². The summed E-state index contributed by atoms with van der Waals surface area (Å²) in [5.41, 5.74) is 2.09. The molecule has 1 aromatic rings. The van der Waals surface area contributed by atoms with Crippen molar-refractivity contribution < 1.29 is 4.79 Å². The molecule has 0 fully saturated rings. The van der Waals surface area contributed by atoms with Crippen molar-refractivity contribution in [3.05, 3.63) is 24.3 Å². The van der Waals surface area contributed by atoms with E-state index in [0.717, 1.165) is 24.5 Å². The lowest BCUT2D eigenvalue weighted by Gasteiger charge is -2.36. The average molecular weight is 261 g/mol. The minimum Gasteiger partial charge on any atom is -0.371 e. The molecular formula is C15H23N3O. The molecule has 0 spiro atoms. The van der Waals surface area contributed by atoms with Gasteiger partial charge in [0.25, 0.3) is 0 Å². The Kier molecular flexibility index (Phi) is 3.80. The number of hydrogen-bond acceptors (Lipinski definition) is 3. The first-order valence-electron chi connectivity index (χ1n) is 6.74. The molecule has 104 valence electrons. The molecule has 1 aliphatic rings. The van der Waals surface area contributed by atoms with Gasteiger partial charge in [0.15, 0.2) is 0 Å². The topological polar surface area (TPSA) is 35.6 Å². The first-order chi connectivity index (χ1) is 8.88. The molecule has 19 heavy (non-hydrogen) atoms. The van der Waals surface area contributed by atoms with Crippen molar-refractivity contribution in [1.82, 2.24) is 5.32 Å². The number of nitrogens with one attached hydrogen (secondary N) is 1. The van der Waals surface area contributed by atoms with Crippen LogP contribution in [0.1, 0.15) is 20.8 Å². The van der Waals surface area contributed by atoms with Crippen LogP contribution >= 0.6 is 0 Å². The zero-order valence-corrected chi connectivity index (χ0v) is 12.2. The smallest absolute Gasteiger partial charge is 0.241 e. The molecule has 4 nitrogen and oxygen atoms in total. The molecule has 4 heteroatoms. The van der Waals surface area contributed by atoms with Crippen LogP contribution in [0.2, 0.25) is 0 Å². The third kappa shape index (κ3) is 3.26. The van der Waals surface area contributed by atoms with E-state index in [0.29, 0.717) is 6.54 Å². The molecule has 1 heterocycles. The molecule has 2 rings (SSSR count). The summed E-state index contributed by atoms with van der Waals surface area (Å²) in [7, 11) is 2.06. The summed E-state index contributed by atoms with van der Waals surface area (Å²) in [6, 6.07) is 8.07. The van der Waals surface area contributed by atoms with Gasteiger partial charge in [-0.05, 0) is 32.9 Å². The Balaban J connectivity index is 2.14. The normalized spacial score (nSPS) is 15.4. The third-order valence-corrected chi connectivity index (χ3v) is 3.31. The molecular weight excluding hydrogens is 238 g/mol. The van der Waals surface area contributed by atoms with Crippen LogP contribution in [-0.4, -0.2) is 38.1 Å². The highest BCUT2D eigenvalue weighted by Crippen LogP contribution is 2.31. The van der Waals surface area contributed by atoms with Crippen LogP contribution in [0.3, 0.4) is 0 Å². The van der Waals surface area contributed by atoms with Gasteiger partial charge in [-0.25, -0.2) is 0 Å². The second-order valence-electron chi connectivity index (χ2n) is 6.06. The van der Waals surface area contributed by atoms with Gasteiger partial charge in [-0.2, -0.15) is 0 Å². The van der Waals surface area contributed by atoms with Gasteiger partial charge in [0.2, 0.25) is 5.91 Å². The van der Waals surface area contributed by atoms with Crippen LogP contribution in [0.25, 0.3) is 0 Å². The van der Waals surface area contributed by atoms with Gasteiger partial charge in [0.05, 0.1) is 17.9 Å². The number of benzene rings is 1. The van der Waals surface area contributed by atoms with E-state index in [2.05, 4.69) is 44.1 Å². The molecule has 0 saturated heterocycles. The quantitative estimate of drug-likeness (QED) is 0.882. The Morgan fingerprint density at radius 1 is 1.21 bits per heavy atom. The number of likely N-dealkylation sites (N-methyl/N-ethyl adjacent to an activating group) is 1. The van der Waals surface area contributed by atoms with Crippen molar-refractivity contribution in [1.29, 1.82) is 0 Å². The Morgan fingerprint density at radius 3 is 2.47 bits per heavy atom. The van der Waals surface area contributed by atoms with Crippen molar-refractivity contribution in [2.45, 2.75) is 26.3 Å². The molecule has 0 saturated carbocycles. The summed E-state index contributed by atoms with van der Waals surface area (Å²) in [5.74, 6) is 0.135. The Hall–Kier alpha value is -1.55. The monoisotopic (exact) mass is 261 g/mol. The predicted molar refractivity (Wildman–Crippen MR) is 79.8 cm³/mol. The number of rotatable bonds is 2. The molecule has 1 N–H and O–H groups in total. The first-order valence-corrected chi connectivity index (χ1v) is 6.74. The maximum atomic E-state index is 12.4. The molecule has 0 radical (unpaired) electrons. The fourth-order valence-corrected chi connectivity index (χ4v) is 2.20. The minimum atomic E-state index is -0.0399. The van der Waals surface area contributed by atoms with E-state index in [9.17, 15) is 4.79 Å². The van der Waals surface area contributed by atoms with Crippen LogP contribution in [0.4, 0.5) is 11.4 Å². The lowest BCUT2D eigenvalue weighted by molar-refractivity contribution is -0.118. The summed E-state index contributed by atoms with van der Waals surface area (Å²) in [6.45, 7) is 8.20. The zero-order chi connectivity index (χ0) is 14.0. The Bertz CT molecular complexity index is 465. The highest BCUT2D eigenvalue weighted by molar-refractivity contribution is 5.99. The number of carbonyl (C=O) groups excluding carboxylic acids is 1. The molecule has 0 aromatic heterocycles. The van der Waals surface area contributed by atoms with Crippen LogP contribution in [0.15, 0.2) is 24.3 Å². The van der Waals surface area contributed by atoms with E-state index in [4.69, 9.17) is 0 Å². The number of fused-ring (bicyclic) bond motifs is 1. The van der Waals surface area contributed by atoms with Crippen molar-refractivity contribution in [2.24, 2.45) is 0 Å². The largest absolute Gasteiger partial charge is 0.371 e. The van der Waals surface area contributed by atoms with Crippen molar-refractivity contribution in [3.63, 3.8) is 0 Å². The van der Waals surface area contributed by atoms with E-state index < -0.39 is 0 Å². The second kappa shape index (κ2) is 5.21. The Labute approximate surface area is 115 Å². The van der Waals surface area contributed by atoms with Gasteiger partial charge in [0.1, 0.15) is 0 Å². The molecule has 1 amide bonds.